The lowest BCUT2D eigenvalue weighted by Gasteiger charge is -2.25. The van der Waals surface area contributed by atoms with Crippen LogP contribution in [-0.2, 0) is 17.1 Å². The summed E-state index contributed by atoms with van der Waals surface area (Å²) in [5.74, 6) is -0.764. The zero-order valence-corrected chi connectivity index (χ0v) is 21.4. The highest BCUT2D eigenvalue weighted by Crippen LogP contribution is 2.21. The van der Waals surface area contributed by atoms with Crippen molar-refractivity contribution < 1.29 is 18.0 Å². The Bertz CT molecular complexity index is 1210. The Morgan fingerprint density at radius 1 is 0.971 bits per heavy atom. The number of aryl methyl sites for hydroxylation is 1. The van der Waals surface area contributed by atoms with Gasteiger partial charge in [0.2, 0.25) is 10.0 Å². The van der Waals surface area contributed by atoms with Gasteiger partial charge in [-0.25, -0.2) is 8.42 Å². The molecule has 0 saturated carbocycles. The quantitative estimate of drug-likeness (QED) is 0.567. The van der Waals surface area contributed by atoms with E-state index in [0.29, 0.717) is 31.7 Å². The maximum Gasteiger partial charge on any atom is 0.274 e. The molecule has 2 heterocycles. The van der Waals surface area contributed by atoms with E-state index in [4.69, 9.17) is 0 Å². The van der Waals surface area contributed by atoms with Crippen molar-refractivity contribution in [2.45, 2.75) is 50.8 Å². The van der Waals surface area contributed by atoms with E-state index >= 15 is 0 Å². The molecule has 1 aliphatic rings. The summed E-state index contributed by atoms with van der Waals surface area (Å²) in [7, 11) is -2.08. The summed E-state index contributed by atoms with van der Waals surface area (Å²) in [6.45, 7) is 6.18. The van der Waals surface area contributed by atoms with Crippen LogP contribution in [0.3, 0.4) is 0 Å². The molecule has 1 aromatic heterocycles. The van der Waals surface area contributed by atoms with Crippen LogP contribution in [0.25, 0.3) is 0 Å². The molecule has 3 rings (SSSR count). The van der Waals surface area contributed by atoms with Gasteiger partial charge in [0.05, 0.1) is 10.5 Å². The van der Waals surface area contributed by atoms with E-state index < -0.39 is 21.5 Å². The van der Waals surface area contributed by atoms with Gasteiger partial charge in [-0.2, -0.15) is 4.31 Å². The Hall–Kier alpha value is -2.98. The van der Waals surface area contributed by atoms with Crippen LogP contribution in [0.4, 0.5) is 5.69 Å². The molecule has 0 unspecified atom stereocenters. The number of nitrogens with zero attached hydrogens (tertiary/aromatic N) is 3. The molecule has 190 valence electrons. The van der Waals surface area contributed by atoms with Crippen molar-refractivity contribution in [3.05, 3.63) is 58.0 Å². The summed E-state index contributed by atoms with van der Waals surface area (Å²) in [6.07, 6.45) is 5.79. The molecule has 0 bridgehead atoms. The van der Waals surface area contributed by atoms with Crippen molar-refractivity contribution in [1.82, 2.24) is 13.8 Å². The summed E-state index contributed by atoms with van der Waals surface area (Å²) in [5.41, 5.74) is 0.0604. The van der Waals surface area contributed by atoms with Crippen LogP contribution < -0.4 is 10.9 Å². The number of benzene rings is 1. The van der Waals surface area contributed by atoms with Crippen molar-refractivity contribution in [3.8, 4) is 0 Å². The molecule has 0 atom stereocenters. The second-order valence-corrected chi connectivity index (χ2v) is 10.7. The number of pyridine rings is 1. The number of hydrogen-bond donors (Lipinski definition) is 1. The Kier molecular flexibility index (Phi) is 8.85. The molecule has 2 amide bonds. The summed E-state index contributed by atoms with van der Waals surface area (Å²) < 4.78 is 28.4. The fourth-order valence-electron chi connectivity index (χ4n) is 4.18. The SMILES string of the molecule is CCCN(CCC)C(=O)c1cc(NC(=O)c2ccc(S(=O)(=O)N3CCCCC3)cc2)c(=O)n(C)c1. The van der Waals surface area contributed by atoms with Crippen LogP contribution in [0, 0.1) is 0 Å². The zero-order valence-electron chi connectivity index (χ0n) is 20.6. The lowest BCUT2D eigenvalue weighted by atomic mass is 10.2. The van der Waals surface area contributed by atoms with Gasteiger partial charge in [-0.3, -0.25) is 14.4 Å². The molecule has 0 spiro atoms. The van der Waals surface area contributed by atoms with Gasteiger partial charge in [0.25, 0.3) is 17.4 Å². The number of nitrogens with one attached hydrogen (secondary N) is 1. The van der Waals surface area contributed by atoms with Crippen LogP contribution in [0.1, 0.15) is 66.7 Å². The van der Waals surface area contributed by atoms with E-state index in [1.54, 1.807) is 4.90 Å². The number of carbonyl (C=O) groups is 2. The molecule has 9 nitrogen and oxygen atoms in total. The van der Waals surface area contributed by atoms with Crippen LogP contribution >= 0.6 is 0 Å². The number of hydrogen-bond acceptors (Lipinski definition) is 5. The Labute approximate surface area is 206 Å². The predicted molar refractivity (Wildman–Crippen MR) is 135 cm³/mol. The number of anilines is 1. The lowest BCUT2D eigenvalue weighted by Crippen LogP contribution is -2.35. The largest absolute Gasteiger partial charge is 0.339 e. The first kappa shape index (κ1) is 26.6. The fraction of sp³-hybridized carbons (Fsp3) is 0.480. The van der Waals surface area contributed by atoms with Crippen LogP contribution in [0.2, 0.25) is 0 Å². The van der Waals surface area contributed by atoms with Crippen molar-refractivity contribution in [3.63, 3.8) is 0 Å². The third-order valence-electron chi connectivity index (χ3n) is 6.02. The summed E-state index contributed by atoms with van der Waals surface area (Å²) in [4.78, 5) is 40.3. The number of piperidine rings is 1. The molecule has 1 saturated heterocycles. The molecule has 1 aromatic carbocycles. The topological polar surface area (TPSA) is 109 Å². The smallest absolute Gasteiger partial charge is 0.274 e. The maximum atomic E-state index is 13.0. The molecular weight excluding hydrogens is 468 g/mol. The minimum absolute atomic E-state index is 0.0127. The van der Waals surface area contributed by atoms with Crippen LogP contribution in [0.15, 0.2) is 46.2 Å². The minimum Gasteiger partial charge on any atom is -0.339 e. The number of rotatable bonds is 9. The molecule has 2 aromatic rings. The molecule has 1 aliphatic heterocycles. The normalized spacial score (nSPS) is 14.5. The number of amides is 2. The number of sulfonamides is 1. The van der Waals surface area contributed by atoms with E-state index in [2.05, 4.69) is 5.32 Å². The fourth-order valence-corrected chi connectivity index (χ4v) is 5.70. The third-order valence-corrected chi connectivity index (χ3v) is 7.93. The van der Waals surface area contributed by atoms with Gasteiger partial charge in [-0.1, -0.05) is 20.3 Å². The van der Waals surface area contributed by atoms with Gasteiger partial charge in [-0.15, -0.1) is 0 Å². The number of carbonyl (C=O) groups excluding carboxylic acids is 2. The van der Waals surface area contributed by atoms with E-state index in [1.807, 2.05) is 13.8 Å². The highest BCUT2D eigenvalue weighted by molar-refractivity contribution is 7.89. The first-order valence-corrected chi connectivity index (χ1v) is 13.5. The van der Waals surface area contributed by atoms with E-state index in [-0.39, 0.29) is 22.1 Å². The maximum absolute atomic E-state index is 13.0. The monoisotopic (exact) mass is 502 g/mol. The van der Waals surface area contributed by atoms with Crippen molar-refractivity contribution in [1.29, 1.82) is 0 Å². The molecule has 10 heteroatoms. The Morgan fingerprint density at radius 2 is 1.57 bits per heavy atom. The van der Waals surface area contributed by atoms with Crippen molar-refractivity contribution in [2.24, 2.45) is 7.05 Å². The van der Waals surface area contributed by atoms with Gasteiger partial charge in [0.15, 0.2) is 0 Å². The van der Waals surface area contributed by atoms with E-state index in [1.165, 1.54) is 52.4 Å². The first-order chi connectivity index (χ1) is 16.7. The zero-order chi connectivity index (χ0) is 25.6. The third kappa shape index (κ3) is 6.18. The van der Waals surface area contributed by atoms with Gasteiger partial charge in [0, 0.05) is 45.0 Å². The predicted octanol–water partition coefficient (Wildman–Crippen LogP) is 3.07. The Balaban J connectivity index is 1.80. The molecule has 0 aliphatic carbocycles. The average molecular weight is 503 g/mol. The van der Waals surface area contributed by atoms with Crippen molar-refractivity contribution >= 4 is 27.5 Å². The summed E-state index contributed by atoms with van der Waals surface area (Å²) in [6, 6.07) is 7.07. The second kappa shape index (κ2) is 11.6. The Morgan fingerprint density at radius 3 is 2.14 bits per heavy atom. The molecule has 1 fully saturated rings. The first-order valence-electron chi connectivity index (χ1n) is 12.1. The van der Waals surface area contributed by atoms with Crippen molar-refractivity contribution in [2.75, 3.05) is 31.5 Å². The second-order valence-electron chi connectivity index (χ2n) is 8.79. The van der Waals surface area contributed by atoms with Crippen LogP contribution in [0.5, 0.6) is 0 Å². The summed E-state index contributed by atoms with van der Waals surface area (Å²) in [5, 5.41) is 2.58. The minimum atomic E-state index is -3.60. The van der Waals surface area contributed by atoms with Gasteiger partial charge >= 0.3 is 0 Å². The van der Waals surface area contributed by atoms with Gasteiger partial charge in [0.1, 0.15) is 5.69 Å². The summed E-state index contributed by atoms with van der Waals surface area (Å²) >= 11 is 0. The van der Waals surface area contributed by atoms with E-state index in [0.717, 1.165) is 32.1 Å². The molecule has 1 N–H and O–H groups in total. The van der Waals surface area contributed by atoms with Gasteiger partial charge < -0.3 is 14.8 Å². The van der Waals surface area contributed by atoms with Gasteiger partial charge in [-0.05, 0) is 56.0 Å². The lowest BCUT2D eigenvalue weighted by molar-refractivity contribution is 0.0754. The molecule has 35 heavy (non-hydrogen) atoms. The number of aromatic nitrogens is 1. The molecular formula is C25H34N4O5S. The van der Waals surface area contributed by atoms with E-state index in [9.17, 15) is 22.8 Å². The molecule has 0 radical (unpaired) electrons. The highest BCUT2D eigenvalue weighted by atomic mass is 32.2. The standard InChI is InChI=1S/C25H34N4O5S/c1-4-13-28(14-5-2)24(31)20-17-22(25(32)27(3)18-20)26-23(30)19-9-11-21(12-10-19)35(33,34)29-15-7-6-8-16-29/h9-12,17-18H,4-8,13-16H2,1-3H3,(H,26,30). The average Bonchev–Trinajstić information content (AvgIpc) is 2.86. The highest BCUT2D eigenvalue weighted by Gasteiger charge is 2.26. The van der Waals surface area contributed by atoms with Crippen LogP contribution in [-0.4, -0.2) is 60.2 Å².